The summed E-state index contributed by atoms with van der Waals surface area (Å²) in [6.07, 6.45) is 4.06. The van der Waals surface area contributed by atoms with E-state index in [1.54, 1.807) is 23.0 Å². The molecule has 25 heavy (non-hydrogen) atoms. The Hall–Kier alpha value is -2.65. The molecule has 2 heterocycles. The summed E-state index contributed by atoms with van der Waals surface area (Å²) in [5, 5.41) is 0. The van der Waals surface area contributed by atoms with Crippen molar-refractivity contribution in [3.8, 4) is 11.8 Å². The number of hydrogen-bond acceptors (Lipinski definition) is 4. The Morgan fingerprint density at radius 3 is 2.60 bits per heavy atom. The van der Waals surface area contributed by atoms with Crippen molar-refractivity contribution in [2.24, 2.45) is 7.05 Å². The summed E-state index contributed by atoms with van der Waals surface area (Å²) >= 11 is 0. The first kappa shape index (κ1) is 17.2. The zero-order valence-electron chi connectivity index (χ0n) is 14.5. The number of carbonyl (C=O) groups is 1. The number of aldehydes is 1. The van der Waals surface area contributed by atoms with Crippen LogP contribution in [-0.4, -0.2) is 41.1 Å². The molecule has 0 N–H and O–H groups in total. The van der Waals surface area contributed by atoms with Gasteiger partial charge in [-0.3, -0.25) is 4.79 Å². The second kappa shape index (κ2) is 7.08. The minimum absolute atomic E-state index is 0.0227. The minimum Gasteiger partial charge on any atom is -0.372 e. The number of morpholine rings is 1. The van der Waals surface area contributed by atoms with Gasteiger partial charge in [0.05, 0.1) is 17.9 Å². The number of hydrogen-bond donors (Lipinski definition) is 0. The van der Waals surface area contributed by atoms with Crippen molar-refractivity contribution in [3.63, 3.8) is 0 Å². The van der Waals surface area contributed by atoms with Crippen molar-refractivity contribution in [2.75, 3.05) is 18.0 Å². The third kappa shape index (κ3) is 3.72. The number of halogens is 1. The smallest absolute Gasteiger partial charge is 0.185 e. The summed E-state index contributed by atoms with van der Waals surface area (Å²) in [4.78, 5) is 17.5. The molecule has 6 heteroatoms. The van der Waals surface area contributed by atoms with Crippen LogP contribution in [0.2, 0.25) is 0 Å². The molecule has 130 valence electrons. The normalized spacial score (nSPS) is 20.1. The molecule has 1 aromatic carbocycles. The Kier molecular flexibility index (Phi) is 4.86. The number of aromatic nitrogens is 2. The van der Waals surface area contributed by atoms with E-state index in [4.69, 9.17) is 4.74 Å². The molecule has 3 rings (SSSR count). The third-order valence-electron chi connectivity index (χ3n) is 4.10. The van der Waals surface area contributed by atoms with Crippen molar-refractivity contribution in [1.82, 2.24) is 9.55 Å². The molecular weight excluding hydrogens is 321 g/mol. The van der Waals surface area contributed by atoms with E-state index < -0.39 is 5.82 Å². The molecule has 0 saturated carbocycles. The highest BCUT2D eigenvalue weighted by atomic mass is 19.1. The fraction of sp³-hybridized carbons (Fsp3) is 0.368. The van der Waals surface area contributed by atoms with Crippen LogP contribution in [0, 0.1) is 17.7 Å². The fourth-order valence-electron chi connectivity index (χ4n) is 3.09. The van der Waals surface area contributed by atoms with Crippen LogP contribution >= 0.6 is 0 Å². The van der Waals surface area contributed by atoms with Crippen LogP contribution in [0.1, 0.15) is 35.6 Å². The lowest BCUT2D eigenvalue weighted by molar-refractivity contribution is -0.00543. The third-order valence-corrected chi connectivity index (χ3v) is 4.10. The van der Waals surface area contributed by atoms with Crippen molar-refractivity contribution < 1.29 is 13.9 Å². The van der Waals surface area contributed by atoms with Crippen LogP contribution < -0.4 is 4.90 Å². The number of carbonyl (C=O) groups excluding carboxylic acids is 1. The summed E-state index contributed by atoms with van der Waals surface area (Å²) in [5.74, 6) is 5.89. The molecule has 2 atom stereocenters. The van der Waals surface area contributed by atoms with E-state index >= 15 is 0 Å². The first-order chi connectivity index (χ1) is 12.0. The summed E-state index contributed by atoms with van der Waals surface area (Å²) in [6.45, 7) is 4.96. The largest absolute Gasteiger partial charge is 0.372 e. The van der Waals surface area contributed by atoms with Crippen LogP contribution in [0.3, 0.4) is 0 Å². The fourth-order valence-corrected chi connectivity index (χ4v) is 3.09. The van der Waals surface area contributed by atoms with E-state index in [2.05, 4.69) is 16.8 Å². The number of benzene rings is 1. The van der Waals surface area contributed by atoms with Gasteiger partial charge in [-0.25, -0.2) is 9.37 Å². The van der Waals surface area contributed by atoms with Crippen LogP contribution in [0.5, 0.6) is 0 Å². The van der Waals surface area contributed by atoms with Gasteiger partial charge in [-0.1, -0.05) is 5.92 Å². The van der Waals surface area contributed by atoms with Crippen molar-refractivity contribution in [1.29, 1.82) is 0 Å². The van der Waals surface area contributed by atoms with Gasteiger partial charge in [-0.2, -0.15) is 0 Å². The zero-order valence-corrected chi connectivity index (χ0v) is 14.5. The molecule has 1 aliphatic heterocycles. The molecule has 2 aromatic rings. The highest BCUT2D eigenvalue weighted by Crippen LogP contribution is 2.28. The van der Waals surface area contributed by atoms with Gasteiger partial charge in [-0.15, -0.1) is 0 Å². The maximum atomic E-state index is 14.8. The van der Waals surface area contributed by atoms with E-state index in [9.17, 15) is 9.18 Å². The molecule has 5 nitrogen and oxygen atoms in total. The highest BCUT2D eigenvalue weighted by Gasteiger charge is 2.26. The highest BCUT2D eigenvalue weighted by molar-refractivity contribution is 5.86. The Labute approximate surface area is 146 Å². The second-order valence-electron chi connectivity index (χ2n) is 6.29. The molecule has 1 saturated heterocycles. The van der Waals surface area contributed by atoms with Crippen molar-refractivity contribution in [3.05, 3.63) is 47.3 Å². The van der Waals surface area contributed by atoms with Gasteiger partial charge in [0.1, 0.15) is 5.82 Å². The van der Waals surface area contributed by atoms with E-state index in [0.717, 1.165) is 0 Å². The Bertz CT molecular complexity index is 840. The average molecular weight is 341 g/mol. The van der Waals surface area contributed by atoms with Crippen LogP contribution in [0.4, 0.5) is 10.1 Å². The molecule has 0 bridgehead atoms. The monoisotopic (exact) mass is 341 g/mol. The summed E-state index contributed by atoms with van der Waals surface area (Å²) in [6, 6.07) is 2.98. The molecular formula is C19H20FN3O2. The maximum Gasteiger partial charge on any atom is 0.185 e. The lowest BCUT2D eigenvalue weighted by atomic mass is 10.1. The van der Waals surface area contributed by atoms with Gasteiger partial charge in [0.2, 0.25) is 0 Å². The number of nitrogens with zero attached hydrogens (tertiary/aromatic N) is 3. The number of aryl methyl sites for hydroxylation is 1. The Morgan fingerprint density at radius 1 is 1.28 bits per heavy atom. The predicted molar refractivity (Wildman–Crippen MR) is 93.2 cm³/mol. The lowest BCUT2D eigenvalue weighted by Gasteiger charge is -2.37. The molecule has 0 unspecified atom stereocenters. The Morgan fingerprint density at radius 2 is 2.00 bits per heavy atom. The molecule has 1 aromatic heterocycles. The first-order valence-corrected chi connectivity index (χ1v) is 8.16. The van der Waals surface area contributed by atoms with E-state index in [0.29, 0.717) is 42.0 Å². The van der Waals surface area contributed by atoms with E-state index in [1.807, 2.05) is 25.8 Å². The topological polar surface area (TPSA) is 47.4 Å². The van der Waals surface area contributed by atoms with Gasteiger partial charge in [0, 0.05) is 43.7 Å². The minimum atomic E-state index is -0.449. The molecule has 0 radical (unpaired) electrons. The predicted octanol–water partition coefficient (Wildman–Crippen LogP) is 2.39. The quantitative estimate of drug-likeness (QED) is 0.622. The summed E-state index contributed by atoms with van der Waals surface area (Å²) < 4.78 is 22.2. The van der Waals surface area contributed by atoms with Gasteiger partial charge in [0.15, 0.2) is 12.1 Å². The van der Waals surface area contributed by atoms with Gasteiger partial charge < -0.3 is 14.2 Å². The van der Waals surface area contributed by atoms with Crippen LogP contribution in [-0.2, 0) is 11.8 Å². The second-order valence-corrected chi connectivity index (χ2v) is 6.29. The number of imidazole rings is 1. The average Bonchev–Trinajstić information content (AvgIpc) is 2.96. The van der Waals surface area contributed by atoms with Gasteiger partial charge in [-0.05, 0) is 31.9 Å². The van der Waals surface area contributed by atoms with Gasteiger partial charge in [0.25, 0.3) is 0 Å². The van der Waals surface area contributed by atoms with Crippen molar-refractivity contribution >= 4 is 12.0 Å². The number of anilines is 1. The zero-order chi connectivity index (χ0) is 18.0. The number of ether oxygens (including phenoxy) is 1. The molecule has 1 fully saturated rings. The summed E-state index contributed by atoms with van der Waals surface area (Å²) in [7, 11) is 1.83. The summed E-state index contributed by atoms with van der Waals surface area (Å²) in [5.41, 5.74) is 1.06. The molecule has 0 amide bonds. The van der Waals surface area contributed by atoms with E-state index in [-0.39, 0.29) is 12.2 Å². The molecule has 1 aliphatic rings. The molecule has 0 spiro atoms. The standard InChI is InChI=1S/C19H20FN3O2/c1-13-10-23(11-14(2)25-13)19-16(12-24)8-15(9-17(19)20)4-5-18-21-6-7-22(18)3/h6-9,12-14H,10-11H2,1-3H3/t13-,14+. The van der Waals surface area contributed by atoms with Gasteiger partial charge >= 0.3 is 0 Å². The first-order valence-electron chi connectivity index (χ1n) is 8.16. The van der Waals surface area contributed by atoms with Crippen LogP contribution in [0.25, 0.3) is 0 Å². The Balaban J connectivity index is 1.95. The van der Waals surface area contributed by atoms with E-state index in [1.165, 1.54) is 6.07 Å². The van der Waals surface area contributed by atoms with Crippen molar-refractivity contribution in [2.45, 2.75) is 26.1 Å². The van der Waals surface area contributed by atoms with Crippen LogP contribution in [0.15, 0.2) is 24.5 Å². The maximum absolute atomic E-state index is 14.8. The lowest BCUT2D eigenvalue weighted by Crippen LogP contribution is -2.46. The SMILES string of the molecule is C[C@@H]1CN(c2c(F)cc(C#Cc3nccn3C)cc2C=O)C[C@H](C)O1. The molecule has 0 aliphatic carbocycles. The number of rotatable bonds is 2.